The lowest BCUT2D eigenvalue weighted by Crippen LogP contribution is -2.47. The van der Waals surface area contributed by atoms with Gasteiger partial charge in [-0.05, 0) is 37.3 Å². The number of nitrogens with one attached hydrogen (secondary N) is 2. The van der Waals surface area contributed by atoms with Crippen LogP contribution < -0.4 is 15.5 Å². The molecular weight excluding hydrogens is 372 g/mol. The molecule has 2 fully saturated rings. The molecule has 9 heteroatoms. The fourth-order valence-electron chi connectivity index (χ4n) is 3.66. The van der Waals surface area contributed by atoms with Gasteiger partial charge in [-0.2, -0.15) is 0 Å². The van der Waals surface area contributed by atoms with E-state index < -0.39 is 23.6 Å². The van der Waals surface area contributed by atoms with Crippen molar-refractivity contribution in [3.05, 3.63) is 23.8 Å². The van der Waals surface area contributed by atoms with Crippen LogP contribution in [0.25, 0.3) is 0 Å². The van der Waals surface area contributed by atoms with E-state index in [9.17, 15) is 23.2 Å². The first kappa shape index (κ1) is 20.0. The smallest absolute Gasteiger partial charge is 0.305 e. The van der Waals surface area contributed by atoms with Crippen LogP contribution in [0, 0.1) is 17.6 Å². The molecule has 1 atom stereocenters. The molecule has 1 aromatic rings. The van der Waals surface area contributed by atoms with Gasteiger partial charge in [0.2, 0.25) is 11.8 Å². The minimum Gasteiger partial charge on any atom is -0.469 e. The Balaban J connectivity index is 1.65. The van der Waals surface area contributed by atoms with E-state index in [1.807, 2.05) is 0 Å². The van der Waals surface area contributed by atoms with E-state index in [0.29, 0.717) is 32.4 Å². The van der Waals surface area contributed by atoms with Crippen molar-refractivity contribution in [2.75, 3.05) is 30.4 Å². The molecule has 1 aromatic carbocycles. The van der Waals surface area contributed by atoms with Gasteiger partial charge in [-0.1, -0.05) is 0 Å². The van der Waals surface area contributed by atoms with Crippen molar-refractivity contribution in [1.82, 2.24) is 5.32 Å². The van der Waals surface area contributed by atoms with Crippen molar-refractivity contribution >= 4 is 29.2 Å². The summed E-state index contributed by atoms with van der Waals surface area (Å²) in [6, 6.07) is 1.60. The van der Waals surface area contributed by atoms with E-state index in [2.05, 4.69) is 15.4 Å². The molecule has 1 unspecified atom stereocenters. The molecule has 2 saturated heterocycles. The highest BCUT2D eigenvalue weighted by Crippen LogP contribution is 2.32. The van der Waals surface area contributed by atoms with Gasteiger partial charge in [-0.15, -0.1) is 0 Å². The van der Waals surface area contributed by atoms with E-state index in [1.165, 1.54) is 7.11 Å². The quantitative estimate of drug-likeness (QED) is 0.586. The summed E-state index contributed by atoms with van der Waals surface area (Å²) in [5, 5.41) is 4.98. The monoisotopic (exact) mass is 395 g/mol. The lowest BCUT2D eigenvalue weighted by molar-refractivity contribution is -0.142. The van der Waals surface area contributed by atoms with Crippen LogP contribution in [0.2, 0.25) is 0 Å². The lowest BCUT2D eigenvalue weighted by Gasteiger charge is -2.33. The lowest BCUT2D eigenvalue weighted by atomic mass is 9.93. The van der Waals surface area contributed by atoms with Crippen LogP contribution >= 0.6 is 0 Å². The third kappa shape index (κ3) is 4.58. The summed E-state index contributed by atoms with van der Waals surface area (Å²) in [4.78, 5) is 36.0. The van der Waals surface area contributed by atoms with Crippen LogP contribution in [0.4, 0.5) is 20.2 Å². The zero-order chi connectivity index (χ0) is 20.3. The molecule has 0 bridgehead atoms. The van der Waals surface area contributed by atoms with Crippen molar-refractivity contribution in [3.8, 4) is 0 Å². The van der Waals surface area contributed by atoms with Crippen LogP contribution in [-0.2, 0) is 19.1 Å². The largest absolute Gasteiger partial charge is 0.469 e. The summed E-state index contributed by atoms with van der Waals surface area (Å²) in [5.74, 6) is -2.44. The van der Waals surface area contributed by atoms with Gasteiger partial charge < -0.3 is 15.0 Å². The Kier molecular flexibility index (Phi) is 6.11. The molecule has 0 spiro atoms. The van der Waals surface area contributed by atoms with E-state index in [-0.39, 0.29) is 42.0 Å². The maximum Gasteiger partial charge on any atom is 0.305 e. The summed E-state index contributed by atoms with van der Waals surface area (Å²) in [6.07, 6.45) is 2.04. The topological polar surface area (TPSA) is 87.7 Å². The molecular formula is C19H23F2N3O4. The van der Waals surface area contributed by atoms with E-state index in [0.717, 1.165) is 12.1 Å². The molecule has 3 rings (SSSR count). The van der Waals surface area contributed by atoms with Crippen molar-refractivity contribution in [3.63, 3.8) is 0 Å². The maximum absolute atomic E-state index is 14.6. The number of hydrogen-bond donors (Lipinski definition) is 2. The molecule has 0 aliphatic carbocycles. The predicted octanol–water partition coefficient (Wildman–Crippen LogP) is 1.96. The van der Waals surface area contributed by atoms with Gasteiger partial charge in [-0.25, -0.2) is 8.78 Å². The second-order valence-electron chi connectivity index (χ2n) is 7.15. The second-order valence-corrected chi connectivity index (χ2v) is 7.15. The van der Waals surface area contributed by atoms with Gasteiger partial charge in [-0.3, -0.25) is 19.7 Å². The van der Waals surface area contributed by atoms with Gasteiger partial charge in [0.1, 0.15) is 11.7 Å². The number of carbonyl (C=O) groups is 3. The minimum absolute atomic E-state index is 0.106. The molecule has 2 amide bonds. The average Bonchev–Trinajstić information content (AvgIpc) is 2.65. The molecule has 28 heavy (non-hydrogen) atoms. The Morgan fingerprint density at radius 3 is 2.43 bits per heavy atom. The van der Waals surface area contributed by atoms with Crippen LogP contribution in [0.1, 0.15) is 32.1 Å². The van der Waals surface area contributed by atoms with Gasteiger partial charge in [0.15, 0.2) is 11.6 Å². The number of nitrogens with zero attached hydrogens (tertiary/aromatic N) is 1. The highest BCUT2D eigenvalue weighted by atomic mass is 19.1. The number of amides is 2. The van der Waals surface area contributed by atoms with Gasteiger partial charge in [0.05, 0.1) is 7.11 Å². The number of halogens is 2. The second kappa shape index (κ2) is 8.53. The Bertz CT molecular complexity index is 755. The first-order valence-corrected chi connectivity index (χ1v) is 9.28. The number of anilines is 2. The number of rotatable bonds is 5. The standard InChI is InChI=1S/C19H23F2N3O4/c1-28-17(26)8-11-4-6-24(7-5-11)18-13(20)9-12(10-14(18)21)22-15-2-3-16(25)23-19(15)27/h9-11,15,22H,2-8H2,1H3,(H,23,25,27). The van der Waals surface area contributed by atoms with E-state index >= 15 is 0 Å². The number of piperidine rings is 2. The molecule has 2 heterocycles. The van der Waals surface area contributed by atoms with Gasteiger partial charge in [0.25, 0.3) is 0 Å². The maximum atomic E-state index is 14.6. The first-order valence-electron chi connectivity index (χ1n) is 9.28. The molecule has 0 aromatic heterocycles. The zero-order valence-corrected chi connectivity index (χ0v) is 15.6. The Labute approximate surface area is 161 Å². The van der Waals surface area contributed by atoms with Crippen LogP contribution in [0.3, 0.4) is 0 Å². The van der Waals surface area contributed by atoms with E-state index in [1.54, 1.807) is 4.90 Å². The highest BCUT2D eigenvalue weighted by Gasteiger charge is 2.28. The molecule has 2 aliphatic heterocycles. The minimum atomic E-state index is -0.721. The van der Waals surface area contributed by atoms with E-state index in [4.69, 9.17) is 0 Å². The number of esters is 1. The number of hydrogen-bond acceptors (Lipinski definition) is 6. The van der Waals surface area contributed by atoms with Crippen molar-refractivity contribution in [2.24, 2.45) is 5.92 Å². The van der Waals surface area contributed by atoms with Crippen molar-refractivity contribution in [1.29, 1.82) is 0 Å². The SMILES string of the molecule is COC(=O)CC1CCN(c2c(F)cc(NC3CCC(=O)NC3=O)cc2F)CC1. The fourth-order valence-corrected chi connectivity index (χ4v) is 3.66. The van der Waals surface area contributed by atoms with Crippen LogP contribution in [-0.4, -0.2) is 44.0 Å². The molecule has 0 saturated carbocycles. The molecule has 7 nitrogen and oxygen atoms in total. The number of imide groups is 1. The highest BCUT2D eigenvalue weighted by molar-refractivity contribution is 6.01. The molecule has 152 valence electrons. The predicted molar refractivity (Wildman–Crippen MR) is 97.7 cm³/mol. The Morgan fingerprint density at radius 1 is 1.21 bits per heavy atom. The van der Waals surface area contributed by atoms with Crippen molar-refractivity contribution in [2.45, 2.75) is 38.1 Å². The normalized spacial score (nSPS) is 20.7. The average molecular weight is 395 g/mol. The van der Waals surface area contributed by atoms with Gasteiger partial charge >= 0.3 is 5.97 Å². The summed E-state index contributed by atoms with van der Waals surface area (Å²) in [6.45, 7) is 0.880. The third-order valence-electron chi connectivity index (χ3n) is 5.21. The third-order valence-corrected chi connectivity index (χ3v) is 5.21. The molecule has 0 radical (unpaired) electrons. The Morgan fingerprint density at radius 2 is 1.86 bits per heavy atom. The Hall–Kier alpha value is -2.71. The summed E-state index contributed by atoms with van der Waals surface area (Å²) in [7, 11) is 1.34. The summed E-state index contributed by atoms with van der Waals surface area (Å²) < 4.78 is 33.9. The van der Waals surface area contributed by atoms with Gasteiger partial charge in [0, 0.05) is 31.6 Å². The number of methoxy groups -OCH3 is 1. The summed E-state index contributed by atoms with van der Waals surface area (Å²) in [5.41, 5.74) is 0.0409. The molecule has 2 aliphatic rings. The number of carbonyl (C=O) groups excluding carboxylic acids is 3. The number of ether oxygens (including phenoxy) is 1. The number of benzene rings is 1. The van der Waals surface area contributed by atoms with Crippen LogP contribution in [0.15, 0.2) is 12.1 Å². The fraction of sp³-hybridized carbons (Fsp3) is 0.526. The van der Waals surface area contributed by atoms with Crippen molar-refractivity contribution < 1.29 is 27.9 Å². The first-order chi connectivity index (χ1) is 13.4. The summed E-state index contributed by atoms with van der Waals surface area (Å²) >= 11 is 0. The zero-order valence-electron chi connectivity index (χ0n) is 15.6. The van der Waals surface area contributed by atoms with Crippen LogP contribution in [0.5, 0.6) is 0 Å². The molecule has 2 N–H and O–H groups in total.